The van der Waals surface area contributed by atoms with Gasteiger partial charge in [-0.2, -0.15) is 0 Å². The molecule has 0 spiro atoms. The molecule has 100 valence electrons. The number of aliphatic hydroxyl groups excluding tert-OH is 4. The molecule has 0 amide bonds. The van der Waals surface area contributed by atoms with Crippen LogP contribution in [0.1, 0.15) is 5.56 Å². The largest absolute Gasteiger partial charge is 0.389 e. The van der Waals surface area contributed by atoms with Crippen molar-refractivity contribution >= 4 is 11.6 Å². The lowest BCUT2D eigenvalue weighted by atomic mass is 10.1. The van der Waals surface area contributed by atoms with E-state index in [9.17, 15) is 20.4 Å². The first-order chi connectivity index (χ1) is 8.50. The molecule has 6 heteroatoms. The highest BCUT2D eigenvalue weighted by molar-refractivity contribution is 6.30. The van der Waals surface area contributed by atoms with Gasteiger partial charge in [-0.1, -0.05) is 23.7 Å². The zero-order valence-electron chi connectivity index (χ0n) is 9.57. The molecule has 1 unspecified atom stereocenters. The molecule has 0 aromatic heterocycles. The van der Waals surface area contributed by atoms with Crippen LogP contribution in [0.4, 0.5) is 0 Å². The zero-order valence-corrected chi connectivity index (χ0v) is 10.3. The van der Waals surface area contributed by atoms with E-state index in [0.29, 0.717) is 11.6 Å². The van der Waals surface area contributed by atoms with Gasteiger partial charge in [-0.25, -0.2) is 0 Å². The van der Waals surface area contributed by atoms with Crippen LogP contribution in [0.3, 0.4) is 0 Å². The average Bonchev–Trinajstić information content (AvgIpc) is 2.54. The van der Waals surface area contributed by atoms with Gasteiger partial charge in [-0.3, -0.25) is 0 Å². The van der Waals surface area contributed by atoms with Gasteiger partial charge in [-0.05, 0) is 17.7 Å². The molecule has 1 aromatic carbocycles. The van der Waals surface area contributed by atoms with Gasteiger partial charge in [-0.15, -0.1) is 0 Å². The highest BCUT2D eigenvalue weighted by Gasteiger charge is 2.47. The zero-order chi connectivity index (χ0) is 13.3. The number of aliphatic hydroxyl groups is 4. The number of hydrogen-bond donors (Lipinski definition) is 5. The summed E-state index contributed by atoms with van der Waals surface area (Å²) in [6.45, 7) is 0.398. The standard InChI is InChI=1S/C12H16ClNO4/c13-7-3-1-6(2-4-7)5-14-8-9(15)11(17)12(18)10(8)16/h1-4,8-12,14-18H,5H2/t8?,9-,10+,11-,12+. The number of nitrogens with one attached hydrogen (secondary N) is 1. The van der Waals surface area contributed by atoms with E-state index in [4.69, 9.17) is 11.6 Å². The molecule has 1 aliphatic carbocycles. The Hall–Kier alpha value is -0.690. The topological polar surface area (TPSA) is 93.0 Å². The quantitative estimate of drug-likeness (QED) is 0.500. The molecule has 1 saturated carbocycles. The van der Waals surface area contributed by atoms with Gasteiger partial charge in [0.1, 0.15) is 24.4 Å². The van der Waals surface area contributed by atoms with E-state index < -0.39 is 30.5 Å². The summed E-state index contributed by atoms with van der Waals surface area (Å²) in [5.74, 6) is 0. The molecular formula is C12H16ClNO4. The summed E-state index contributed by atoms with van der Waals surface area (Å²) in [6, 6.07) is 6.35. The maximum atomic E-state index is 9.67. The number of halogens is 1. The Morgan fingerprint density at radius 2 is 1.39 bits per heavy atom. The molecule has 5 atom stereocenters. The Morgan fingerprint density at radius 1 is 0.889 bits per heavy atom. The van der Waals surface area contributed by atoms with Crippen LogP contribution in [0.5, 0.6) is 0 Å². The van der Waals surface area contributed by atoms with E-state index in [1.54, 1.807) is 12.1 Å². The van der Waals surface area contributed by atoms with Crippen LogP contribution >= 0.6 is 11.6 Å². The van der Waals surface area contributed by atoms with Crippen LogP contribution in [0.2, 0.25) is 5.02 Å². The summed E-state index contributed by atoms with van der Waals surface area (Å²) >= 11 is 5.76. The van der Waals surface area contributed by atoms with Gasteiger partial charge in [0.05, 0.1) is 6.04 Å². The first kappa shape index (κ1) is 13.7. The van der Waals surface area contributed by atoms with Crippen LogP contribution < -0.4 is 5.32 Å². The summed E-state index contributed by atoms with van der Waals surface area (Å²) in [6.07, 6.45) is -5.05. The Kier molecular flexibility index (Phi) is 4.21. The fraction of sp³-hybridized carbons (Fsp3) is 0.500. The van der Waals surface area contributed by atoms with Gasteiger partial charge in [0, 0.05) is 11.6 Å². The smallest absolute Gasteiger partial charge is 0.110 e. The van der Waals surface area contributed by atoms with E-state index in [0.717, 1.165) is 5.56 Å². The molecule has 1 fully saturated rings. The van der Waals surface area contributed by atoms with Crippen molar-refractivity contribution < 1.29 is 20.4 Å². The SMILES string of the molecule is O[C@@H]1[C@H](O)[C@H](O)C(NCc2ccc(Cl)cc2)[C@@H]1O. The average molecular weight is 274 g/mol. The van der Waals surface area contributed by atoms with Crippen LogP contribution in [0.15, 0.2) is 24.3 Å². The van der Waals surface area contributed by atoms with Crippen LogP contribution in [0.25, 0.3) is 0 Å². The van der Waals surface area contributed by atoms with Gasteiger partial charge < -0.3 is 25.7 Å². The van der Waals surface area contributed by atoms with Crippen molar-refractivity contribution in [2.45, 2.75) is 37.0 Å². The van der Waals surface area contributed by atoms with Crippen molar-refractivity contribution in [2.75, 3.05) is 0 Å². The van der Waals surface area contributed by atoms with Crippen molar-refractivity contribution in [1.82, 2.24) is 5.32 Å². The molecular weight excluding hydrogens is 258 g/mol. The highest BCUT2D eigenvalue weighted by Crippen LogP contribution is 2.22. The molecule has 0 bridgehead atoms. The lowest BCUT2D eigenvalue weighted by Crippen LogP contribution is -2.44. The predicted octanol–water partition coefficient (Wildman–Crippen LogP) is -0.745. The van der Waals surface area contributed by atoms with Gasteiger partial charge >= 0.3 is 0 Å². The summed E-state index contributed by atoms with van der Waals surface area (Å²) in [7, 11) is 0. The molecule has 0 saturated heterocycles. The Bertz CT molecular complexity index is 386. The first-order valence-corrected chi connectivity index (χ1v) is 6.08. The molecule has 1 aliphatic rings. The van der Waals surface area contributed by atoms with Crippen LogP contribution in [0, 0.1) is 0 Å². The van der Waals surface area contributed by atoms with E-state index in [1.807, 2.05) is 12.1 Å². The Labute approximate surface area is 110 Å². The van der Waals surface area contributed by atoms with Gasteiger partial charge in [0.25, 0.3) is 0 Å². The monoisotopic (exact) mass is 273 g/mol. The van der Waals surface area contributed by atoms with Crippen LogP contribution in [-0.2, 0) is 6.54 Å². The minimum atomic E-state index is -1.33. The molecule has 5 N–H and O–H groups in total. The number of hydrogen-bond acceptors (Lipinski definition) is 5. The van der Waals surface area contributed by atoms with Crippen molar-refractivity contribution in [3.63, 3.8) is 0 Å². The maximum absolute atomic E-state index is 9.67. The second-order valence-electron chi connectivity index (χ2n) is 4.50. The lowest BCUT2D eigenvalue weighted by Gasteiger charge is -2.20. The minimum Gasteiger partial charge on any atom is -0.389 e. The number of rotatable bonds is 3. The molecule has 0 heterocycles. The van der Waals surface area contributed by atoms with Gasteiger partial charge in [0.15, 0.2) is 0 Å². The molecule has 0 aliphatic heterocycles. The van der Waals surface area contributed by atoms with E-state index in [1.165, 1.54) is 0 Å². The molecule has 18 heavy (non-hydrogen) atoms. The lowest BCUT2D eigenvalue weighted by molar-refractivity contribution is -0.0413. The van der Waals surface area contributed by atoms with Crippen molar-refractivity contribution in [2.24, 2.45) is 0 Å². The summed E-state index contributed by atoms with van der Waals surface area (Å²) in [4.78, 5) is 0. The van der Waals surface area contributed by atoms with E-state index >= 15 is 0 Å². The molecule has 0 radical (unpaired) electrons. The minimum absolute atomic E-state index is 0.398. The Balaban J connectivity index is 1.96. The number of benzene rings is 1. The maximum Gasteiger partial charge on any atom is 0.110 e. The van der Waals surface area contributed by atoms with Crippen LogP contribution in [-0.4, -0.2) is 50.9 Å². The van der Waals surface area contributed by atoms with Crippen molar-refractivity contribution in [3.05, 3.63) is 34.9 Å². The summed E-state index contributed by atoms with van der Waals surface area (Å²) < 4.78 is 0. The third-order valence-corrected chi connectivity index (χ3v) is 3.49. The van der Waals surface area contributed by atoms with Crippen molar-refractivity contribution in [1.29, 1.82) is 0 Å². The normalized spacial score (nSPS) is 35.9. The fourth-order valence-corrected chi connectivity index (χ4v) is 2.24. The summed E-state index contributed by atoms with van der Waals surface area (Å²) in [5.41, 5.74) is 0.926. The highest BCUT2D eigenvalue weighted by atomic mass is 35.5. The third-order valence-electron chi connectivity index (χ3n) is 3.24. The third kappa shape index (κ3) is 2.66. The second-order valence-corrected chi connectivity index (χ2v) is 4.93. The molecule has 2 rings (SSSR count). The Morgan fingerprint density at radius 3 is 1.89 bits per heavy atom. The predicted molar refractivity (Wildman–Crippen MR) is 66.1 cm³/mol. The van der Waals surface area contributed by atoms with Crippen molar-refractivity contribution in [3.8, 4) is 0 Å². The van der Waals surface area contributed by atoms with Gasteiger partial charge in [0.2, 0.25) is 0 Å². The first-order valence-electron chi connectivity index (χ1n) is 5.71. The van der Waals surface area contributed by atoms with E-state index in [-0.39, 0.29) is 0 Å². The summed E-state index contributed by atoms with van der Waals surface area (Å²) in [5, 5.41) is 41.7. The molecule has 1 aromatic rings. The van der Waals surface area contributed by atoms with E-state index in [2.05, 4.69) is 5.32 Å². The second kappa shape index (κ2) is 5.52. The molecule has 5 nitrogen and oxygen atoms in total. The fourth-order valence-electron chi connectivity index (χ4n) is 2.11.